The number of amides is 2. The second kappa shape index (κ2) is 7.64. The number of nitrogens with zero attached hydrogens (tertiary/aromatic N) is 1. The van der Waals surface area contributed by atoms with Crippen LogP contribution in [0.5, 0.6) is 5.75 Å². The molecule has 1 saturated heterocycles. The molecule has 2 N–H and O–H groups in total. The third-order valence-electron chi connectivity index (χ3n) is 3.29. The number of nitrogens with one attached hydrogen (secondary N) is 2. The van der Waals surface area contributed by atoms with Gasteiger partial charge in [-0.2, -0.15) is 0 Å². The third kappa shape index (κ3) is 4.75. The standard InChI is InChI=1S/C15H21N3O3/c1-16-10-14(19)17-12-9-15(20)18(11-12)7-8-21-13-5-3-2-4-6-13/h2-6,12,16H,7-11H2,1H3,(H,17,19). The van der Waals surface area contributed by atoms with Crippen LogP contribution in [-0.4, -0.2) is 56.0 Å². The number of carbonyl (C=O) groups is 2. The molecule has 21 heavy (non-hydrogen) atoms. The van der Waals surface area contributed by atoms with E-state index in [2.05, 4.69) is 10.6 Å². The molecule has 1 heterocycles. The zero-order chi connectivity index (χ0) is 15.1. The molecule has 0 spiro atoms. The zero-order valence-electron chi connectivity index (χ0n) is 12.2. The van der Waals surface area contributed by atoms with E-state index in [4.69, 9.17) is 4.74 Å². The van der Waals surface area contributed by atoms with Gasteiger partial charge in [0.2, 0.25) is 11.8 Å². The predicted molar refractivity (Wildman–Crippen MR) is 79.0 cm³/mol. The number of likely N-dealkylation sites (N-methyl/N-ethyl adjacent to an activating group) is 1. The van der Waals surface area contributed by atoms with Crippen LogP contribution in [0.25, 0.3) is 0 Å². The van der Waals surface area contributed by atoms with Crippen LogP contribution in [0, 0.1) is 0 Å². The Morgan fingerprint density at radius 1 is 1.38 bits per heavy atom. The van der Waals surface area contributed by atoms with E-state index < -0.39 is 0 Å². The molecule has 114 valence electrons. The predicted octanol–water partition coefficient (Wildman–Crippen LogP) is 0.00190. The number of likely N-dealkylation sites (tertiary alicyclic amines) is 1. The van der Waals surface area contributed by atoms with Crippen molar-refractivity contribution in [2.75, 3.05) is 33.3 Å². The molecule has 0 saturated carbocycles. The molecule has 1 aromatic carbocycles. The highest BCUT2D eigenvalue weighted by molar-refractivity contribution is 5.82. The van der Waals surface area contributed by atoms with Gasteiger partial charge in [0, 0.05) is 13.0 Å². The molecule has 1 aliphatic rings. The number of rotatable bonds is 7. The van der Waals surface area contributed by atoms with E-state index in [1.54, 1.807) is 11.9 Å². The summed E-state index contributed by atoms with van der Waals surface area (Å²) in [5.41, 5.74) is 0. The minimum Gasteiger partial charge on any atom is -0.492 e. The average molecular weight is 291 g/mol. The quantitative estimate of drug-likeness (QED) is 0.742. The first-order valence-corrected chi connectivity index (χ1v) is 7.08. The molecule has 6 nitrogen and oxygen atoms in total. The lowest BCUT2D eigenvalue weighted by Crippen LogP contribution is -2.41. The Labute approximate surface area is 124 Å². The number of hydrogen-bond donors (Lipinski definition) is 2. The van der Waals surface area contributed by atoms with Crippen molar-refractivity contribution in [2.45, 2.75) is 12.5 Å². The number of carbonyl (C=O) groups excluding carboxylic acids is 2. The molecule has 0 bridgehead atoms. The molecule has 0 aromatic heterocycles. The molecule has 2 amide bonds. The molecule has 0 aliphatic carbocycles. The van der Waals surface area contributed by atoms with Crippen molar-refractivity contribution >= 4 is 11.8 Å². The van der Waals surface area contributed by atoms with Crippen molar-refractivity contribution in [1.82, 2.24) is 15.5 Å². The van der Waals surface area contributed by atoms with E-state index in [0.717, 1.165) is 5.75 Å². The average Bonchev–Trinajstić information content (AvgIpc) is 2.80. The van der Waals surface area contributed by atoms with Crippen LogP contribution in [0.2, 0.25) is 0 Å². The summed E-state index contributed by atoms with van der Waals surface area (Å²) in [4.78, 5) is 25.1. The molecule has 1 atom stereocenters. The van der Waals surface area contributed by atoms with Gasteiger partial charge in [-0.15, -0.1) is 0 Å². The molecular formula is C15H21N3O3. The molecule has 1 aromatic rings. The fourth-order valence-corrected chi connectivity index (χ4v) is 2.31. The largest absolute Gasteiger partial charge is 0.492 e. The van der Waals surface area contributed by atoms with Gasteiger partial charge in [-0.05, 0) is 19.2 Å². The van der Waals surface area contributed by atoms with Crippen LogP contribution in [0.15, 0.2) is 30.3 Å². The topological polar surface area (TPSA) is 70.7 Å². The fraction of sp³-hybridized carbons (Fsp3) is 0.467. The number of benzene rings is 1. The van der Waals surface area contributed by atoms with Crippen molar-refractivity contribution in [3.63, 3.8) is 0 Å². The molecule has 6 heteroatoms. The fourth-order valence-electron chi connectivity index (χ4n) is 2.31. The van der Waals surface area contributed by atoms with Crippen molar-refractivity contribution in [3.05, 3.63) is 30.3 Å². The van der Waals surface area contributed by atoms with Crippen LogP contribution >= 0.6 is 0 Å². The van der Waals surface area contributed by atoms with Crippen molar-refractivity contribution < 1.29 is 14.3 Å². The summed E-state index contributed by atoms with van der Waals surface area (Å²) in [5, 5.41) is 5.63. The first-order valence-electron chi connectivity index (χ1n) is 7.08. The van der Waals surface area contributed by atoms with Crippen LogP contribution < -0.4 is 15.4 Å². The molecule has 0 radical (unpaired) electrons. The maximum atomic E-state index is 11.9. The maximum absolute atomic E-state index is 11.9. The number of ether oxygens (including phenoxy) is 1. The van der Waals surface area contributed by atoms with Crippen LogP contribution in [0.1, 0.15) is 6.42 Å². The minimum atomic E-state index is -0.102. The van der Waals surface area contributed by atoms with E-state index in [1.807, 2.05) is 30.3 Å². The Bertz CT molecular complexity index is 478. The van der Waals surface area contributed by atoms with Crippen molar-refractivity contribution in [3.8, 4) is 5.75 Å². The minimum absolute atomic E-state index is 0.0569. The van der Waals surface area contributed by atoms with E-state index >= 15 is 0 Å². The monoisotopic (exact) mass is 291 g/mol. The van der Waals surface area contributed by atoms with E-state index in [1.165, 1.54) is 0 Å². The summed E-state index contributed by atoms with van der Waals surface area (Å²) in [6, 6.07) is 9.40. The van der Waals surface area contributed by atoms with Crippen LogP contribution in [0.3, 0.4) is 0 Å². The Kier molecular flexibility index (Phi) is 5.57. The second-order valence-electron chi connectivity index (χ2n) is 5.00. The van der Waals surface area contributed by atoms with Crippen LogP contribution in [0.4, 0.5) is 0 Å². The Morgan fingerprint density at radius 3 is 2.86 bits per heavy atom. The summed E-state index contributed by atoms with van der Waals surface area (Å²) < 4.78 is 5.58. The van der Waals surface area contributed by atoms with E-state index in [-0.39, 0.29) is 24.4 Å². The second-order valence-corrected chi connectivity index (χ2v) is 5.00. The molecular weight excluding hydrogens is 270 g/mol. The summed E-state index contributed by atoms with van der Waals surface area (Å²) in [7, 11) is 1.71. The van der Waals surface area contributed by atoms with Gasteiger partial charge in [0.1, 0.15) is 12.4 Å². The third-order valence-corrected chi connectivity index (χ3v) is 3.29. The van der Waals surface area contributed by atoms with Crippen molar-refractivity contribution in [2.24, 2.45) is 0 Å². The van der Waals surface area contributed by atoms with Gasteiger partial charge in [0.25, 0.3) is 0 Å². The zero-order valence-corrected chi connectivity index (χ0v) is 12.2. The number of para-hydroxylation sites is 1. The molecule has 1 unspecified atom stereocenters. The summed E-state index contributed by atoms with van der Waals surface area (Å²) in [6.07, 6.45) is 0.362. The van der Waals surface area contributed by atoms with Gasteiger partial charge < -0.3 is 20.3 Å². The summed E-state index contributed by atoms with van der Waals surface area (Å²) in [6.45, 7) is 1.80. The SMILES string of the molecule is CNCC(=O)NC1CC(=O)N(CCOc2ccccc2)C1. The lowest BCUT2D eigenvalue weighted by atomic mass is 10.2. The van der Waals surface area contributed by atoms with Crippen molar-refractivity contribution in [1.29, 1.82) is 0 Å². The Balaban J connectivity index is 1.72. The van der Waals surface area contributed by atoms with Gasteiger partial charge in [-0.3, -0.25) is 9.59 Å². The van der Waals surface area contributed by atoms with Gasteiger partial charge in [-0.25, -0.2) is 0 Å². The highest BCUT2D eigenvalue weighted by atomic mass is 16.5. The van der Waals surface area contributed by atoms with Crippen LogP contribution in [-0.2, 0) is 9.59 Å². The smallest absolute Gasteiger partial charge is 0.234 e. The lowest BCUT2D eigenvalue weighted by Gasteiger charge is -2.17. The van der Waals surface area contributed by atoms with Gasteiger partial charge in [0.15, 0.2) is 0 Å². The van der Waals surface area contributed by atoms with Gasteiger partial charge in [0.05, 0.1) is 19.1 Å². The molecule has 1 aliphatic heterocycles. The van der Waals surface area contributed by atoms with E-state index in [9.17, 15) is 9.59 Å². The summed E-state index contributed by atoms with van der Waals surface area (Å²) >= 11 is 0. The number of hydrogen-bond acceptors (Lipinski definition) is 4. The summed E-state index contributed by atoms with van der Waals surface area (Å²) in [5.74, 6) is 0.766. The Morgan fingerprint density at radius 2 is 2.14 bits per heavy atom. The highest BCUT2D eigenvalue weighted by Gasteiger charge is 2.30. The normalized spacial score (nSPS) is 17.9. The molecule has 1 fully saturated rings. The molecule has 2 rings (SSSR count). The highest BCUT2D eigenvalue weighted by Crippen LogP contribution is 2.12. The lowest BCUT2D eigenvalue weighted by molar-refractivity contribution is -0.128. The first-order chi connectivity index (χ1) is 10.2. The van der Waals surface area contributed by atoms with E-state index in [0.29, 0.717) is 26.1 Å². The Hall–Kier alpha value is -2.08. The van der Waals surface area contributed by atoms with Gasteiger partial charge >= 0.3 is 0 Å². The first kappa shape index (κ1) is 15.3. The maximum Gasteiger partial charge on any atom is 0.234 e. The van der Waals surface area contributed by atoms with Gasteiger partial charge in [-0.1, -0.05) is 18.2 Å².